The van der Waals surface area contributed by atoms with Gasteiger partial charge < -0.3 is 14.2 Å². The summed E-state index contributed by atoms with van der Waals surface area (Å²) in [5.41, 5.74) is 1.51. The molecule has 4 rings (SSSR count). The molecular formula is C26H25F3N4O4S. The minimum atomic E-state index is -4.71. The highest BCUT2D eigenvalue weighted by atomic mass is 32.2. The van der Waals surface area contributed by atoms with Crippen LogP contribution >= 0.6 is 11.8 Å². The lowest BCUT2D eigenvalue weighted by molar-refractivity contribution is -0.114. The van der Waals surface area contributed by atoms with Crippen molar-refractivity contribution < 1.29 is 32.2 Å². The van der Waals surface area contributed by atoms with Crippen molar-refractivity contribution in [2.45, 2.75) is 32.4 Å². The van der Waals surface area contributed by atoms with E-state index in [1.165, 1.54) is 18.7 Å². The summed E-state index contributed by atoms with van der Waals surface area (Å²) in [6.45, 7) is 6.96. The second kappa shape index (κ2) is 10.5. The summed E-state index contributed by atoms with van der Waals surface area (Å²) in [6, 6.07) is 12.7. The van der Waals surface area contributed by atoms with E-state index in [0.717, 1.165) is 5.75 Å². The molecule has 1 amide bonds. The SMILES string of the molecule is COc1cc(/C=C2/C(=N)N3N=C(C(F)(F)F)SC3=NC2=O)ccc1OCCOc1ccc(C(C)(C)C)cc1. The molecule has 0 unspecified atom stereocenters. The summed E-state index contributed by atoms with van der Waals surface area (Å²) >= 11 is 0.200. The highest BCUT2D eigenvalue weighted by molar-refractivity contribution is 8.27. The number of hydrogen-bond acceptors (Lipinski definition) is 7. The number of halogens is 3. The number of alkyl halides is 3. The van der Waals surface area contributed by atoms with E-state index >= 15 is 0 Å². The van der Waals surface area contributed by atoms with Crippen molar-refractivity contribution in [2.24, 2.45) is 10.1 Å². The van der Waals surface area contributed by atoms with Crippen LogP contribution in [0.25, 0.3) is 6.08 Å². The van der Waals surface area contributed by atoms with E-state index in [9.17, 15) is 18.0 Å². The summed E-state index contributed by atoms with van der Waals surface area (Å²) in [7, 11) is 1.45. The maximum atomic E-state index is 13.0. The molecule has 2 heterocycles. The van der Waals surface area contributed by atoms with E-state index in [1.807, 2.05) is 24.3 Å². The topological polar surface area (TPSA) is 96.6 Å². The van der Waals surface area contributed by atoms with Crippen LogP contribution in [0, 0.1) is 5.41 Å². The van der Waals surface area contributed by atoms with Crippen molar-refractivity contribution >= 4 is 39.8 Å². The first-order chi connectivity index (χ1) is 17.9. The predicted octanol–water partition coefficient (Wildman–Crippen LogP) is 5.63. The van der Waals surface area contributed by atoms with Crippen molar-refractivity contribution in [1.82, 2.24) is 5.01 Å². The summed E-state index contributed by atoms with van der Waals surface area (Å²) in [6.07, 6.45) is -3.36. The number of hydrazone groups is 1. The van der Waals surface area contributed by atoms with Crippen LogP contribution in [-0.2, 0) is 10.2 Å². The number of carbonyl (C=O) groups excluding carboxylic acids is 1. The number of amidine groups is 2. The molecule has 0 fully saturated rings. The number of thioether (sulfide) groups is 1. The van der Waals surface area contributed by atoms with Crippen LogP contribution in [0.5, 0.6) is 17.2 Å². The largest absolute Gasteiger partial charge is 0.493 e. The van der Waals surface area contributed by atoms with E-state index in [2.05, 4.69) is 30.9 Å². The molecule has 0 saturated carbocycles. The van der Waals surface area contributed by atoms with Crippen molar-refractivity contribution in [3.63, 3.8) is 0 Å². The smallest absolute Gasteiger partial charge is 0.441 e. The Balaban J connectivity index is 1.41. The Morgan fingerprint density at radius 1 is 1.03 bits per heavy atom. The van der Waals surface area contributed by atoms with Gasteiger partial charge in [-0.05, 0) is 58.6 Å². The molecule has 0 bridgehead atoms. The van der Waals surface area contributed by atoms with Crippen molar-refractivity contribution in [3.05, 3.63) is 59.2 Å². The Kier molecular flexibility index (Phi) is 7.54. The number of methoxy groups -OCH3 is 1. The summed E-state index contributed by atoms with van der Waals surface area (Å²) < 4.78 is 55.9. The number of benzene rings is 2. The van der Waals surface area contributed by atoms with E-state index in [1.54, 1.807) is 18.2 Å². The summed E-state index contributed by atoms with van der Waals surface area (Å²) in [5, 5.41) is 10.8. The zero-order valence-corrected chi connectivity index (χ0v) is 21.9. The van der Waals surface area contributed by atoms with Crippen molar-refractivity contribution in [1.29, 1.82) is 5.41 Å². The quantitative estimate of drug-likeness (QED) is 0.357. The van der Waals surface area contributed by atoms with Crippen molar-refractivity contribution in [3.8, 4) is 17.2 Å². The van der Waals surface area contributed by atoms with Gasteiger partial charge in [0.15, 0.2) is 17.3 Å². The molecule has 2 aliphatic rings. The van der Waals surface area contributed by atoms with E-state index < -0.39 is 23.0 Å². The number of ether oxygens (including phenoxy) is 3. The molecule has 0 aliphatic carbocycles. The van der Waals surface area contributed by atoms with Gasteiger partial charge in [0.2, 0.25) is 10.2 Å². The minimum absolute atomic E-state index is 0.0544. The fraction of sp³-hybridized carbons (Fsp3) is 0.308. The lowest BCUT2D eigenvalue weighted by atomic mass is 9.87. The van der Waals surface area contributed by atoms with Gasteiger partial charge in [-0.1, -0.05) is 39.0 Å². The van der Waals surface area contributed by atoms with Gasteiger partial charge in [0.1, 0.15) is 19.0 Å². The minimum Gasteiger partial charge on any atom is -0.493 e. The molecule has 2 aromatic rings. The number of fused-ring (bicyclic) bond motifs is 1. The average molecular weight is 547 g/mol. The van der Waals surface area contributed by atoms with Crippen LogP contribution in [-0.4, -0.2) is 53.5 Å². The Hall–Kier alpha value is -3.80. The number of amides is 1. The Bertz CT molecular complexity index is 1350. The zero-order valence-electron chi connectivity index (χ0n) is 21.0. The maximum Gasteiger partial charge on any atom is 0.441 e. The molecule has 0 radical (unpaired) electrons. The Morgan fingerprint density at radius 2 is 1.71 bits per heavy atom. The van der Waals surface area contributed by atoms with Gasteiger partial charge in [-0.25, -0.2) is 0 Å². The molecule has 2 aliphatic heterocycles. The van der Waals surface area contributed by atoms with Gasteiger partial charge in [0, 0.05) is 0 Å². The monoisotopic (exact) mass is 546 g/mol. The number of nitrogens with zero attached hydrogens (tertiary/aromatic N) is 3. The molecule has 0 aromatic heterocycles. The number of aliphatic imine (C=N–C) groups is 1. The third-order valence-electron chi connectivity index (χ3n) is 5.53. The van der Waals surface area contributed by atoms with Crippen LogP contribution in [0.4, 0.5) is 13.2 Å². The molecule has 2 aromatic carbocycles. The third kappa shape index (κ3) is 6.01. The molecule has 0 saturated heterocycles. The summed E-state index contributed by atoms with van der Waals surface area (Å²) in [4.78, 5) is 16.1. The van der Waals surface area contributed by atoms with Gasteiger partial charge >= 0.3 is 6.18 Å². The molecular weight excluding hydrogens is 521 g/mol. The van der Waals surface area contributed by atoms with E-state index in [0.29, 0.717) is 28.7 Å². The molecule has 38 heavy (non-hydrogen) atoms. The Morgan fingerprint density at radius 3 is 2.34 bits per heavy atom. The van der Waals surface area contributed by atoms with Gasteiger partial charge in [-0.3, -0.25) is 10.2 Å². The fourth-order valence-corrected chi connectivity index (χ4v) is 4.29. The fourth-order valence-electron chi connectivity index (χ4n) is 3.53. The lowest BCUT2D eigenvalue weighted by Crippen LogP contribution is -2.35. The highest BCUT2D eigenvalue weighted by Crippen LogP contribution is 2.36. The summed E-state index contributed by atoms with van der Waals surface area (Å²) in [5.74, 6) is 0.186. The van der Waals surface area contributed by atoms with Crippen LogP contribution in [0.15, 0.2) is 58.1 Å². The first-order valence-corrected chi connectivity index (χ1v) is 12.3. The third-order valence-corrected chi connectivity index (χ3v) is 6.48. The van der Waals surface area contributed by atoms with E-state index in [-0.39, 0.29) is 34.5 Å². The first kappa shape index (κ1) is 27.2. The second-order valence-corrected chi connectivity index (χ2v) is 10.3. The number of rotatable bonds is 7. The lowest BCUT2D eigenvalue weighted by Gasteiger charge is -2.20. The average Bonchev–Trinajstić information content (AvgIpc) is 3.29. The normalized spacial score (nSPS) is 16.8. The molecule has 8 nitrogen and oxygen atoms in total. The molecule has 1 N–H and O–H groups in total. The maximum absolute atomic E-state index is 13.0. The first-order valence-electron chi connectivity index (χ1n) is 11.5. The standard InChI is InChI=1S/C26H25F3N4O4S/c1-25(2,3)16-6-8-17(9-7-16)36-11-12-37-19-10-5-15(14-20(19)35-4)13-18-21(30)33-24(31-22(18)34)38-23(32-33)26(27,28)29/h5-10,13-14,30H,11-12H2,1-4H3/b18-13-,30-21?. The van der Waals surface area contributed by atoms with Gasteiger partial charge in [0.25, 0.3) is 5.91 Å². The predicted molar refractivity (Wildman–Crippen MR) is 140 cm³/mol. The molecule has 200 valence electrons. The Labute approximate surface area is 221 Å². The van der Waals surface area contributed by atoms with E-state index in [4.69, 9.17) is 19.6 Å². The number of nitrogens with one attached hydrogen (secondary N) is 1. The van der Waals surface area contributed by atoms with Gasteiger partial charge in [0.05, 0.1) is 12.7 Å². The molecule has 0 spiro atoms. The number of hydrogen-bond donors (Lipinski definition) is 1. The van der Waals surface area contributed by atoms with Crippen LogP contribution in [0.2, 0.25) is 0 Å². The van der Waals surface area contributed by atoms with Gasteiger partial charge in [-0.2, -0.15) is 28.3 Å². The van der Waals surface area contributed by atoms with Crippen LogP contribution < -0.4 is 14.2 Å². The van der Waals surface area contributed by atoms with Crippen LogP contribution in [0.3, 0.4) is 0 Å². The zero-order chi connectivity index (χ0) is 27.7. The highest BCUT2D eigenvalue weighted by Gasteiger charge is 2.46. The molecule has 0 atom stereocenters. The van der Waals surface area contributed by atoms with Crippen molar-refractivity contribution in [2.75, 3.05) is 20.3 Å². The second-order valence-electron chi connectivity index (χ2n) is 9.30. The van der Waals surface area contributed by atoms with Crippen LogP contribution in [0.1, 0.15) is 31.9 Å². The molecule has 12 heteroatoms. The van der Waals surface area contributed by atoms with Gasteiger partial charge in [-0.15, -0.1) is 0 Å². The number of carbonyl (C=O) groups is 1.